The highest BCUT2D eigenvalue weighted by Gasteiger charge is 2.29. The van der Waals surface area contributed by atoms with Gasteiger partial charge in [-0.1, -0.05) is 32.9 Å². The van der Waals surface area contributed by atoms with Crippen molar-refractivity contribution in [3.8, 4) is 0 Å². The van der Waals surface area contributed by atoms with E-state index in [0.29, 0.717) is 12.1 Å². The second-order valence-corrected chi connectivity index (χ2v) is 6.40. The van der Waals surface area contributed by atoms with Gasteiger partial charge >= 0.3 is 0 Å². The van der Waals surface area contributed by atoms with E-state index in [1.165, 1.54) is 36.9 Å². The Labute approximate surface area is 130 Å². The van der Waals surface area contributed by atoms with Crippen LogP contribution in [0.1, 0.15) is 71.4 Å². The molecule has 1 aromatic rings. The van der Waals surface area contributed by atoms with Crippen LogP contribution in [0, 0.1) is 0 Å². The van der Waals surface area contributed by atoms with Crippen LogP contribution in [0.25, 0.3) is 0 Å². The Kier molecular flexibility index (Phi) is 6.10. The Hall–Kier alpha value is -1.02. The van der Waals surface area contributed by atoms with Gasteiger partial charge in [-0.25, -0.2) is 0 Å². The highest BCUT2D eigenvalue weighted by Crippen LogP contribution is 2.32. The molecule has 1 saturated heterocycles. The summed E-state index contributed by atoms with van der Waals surface area (Å²) in [6, 6.07) is 11.2. The summed E-state index contributed by atoms with van der Waals surface area (Å²) in [5, 5.41) is 3.64. The van der Waals surface area contributed by atoms with Gasteiger partial charge in [0.2, 0.25) is 0 Å². The van der Waals surface area contributed by atoms with Crippen molar-refractivity contribution < 1.29 is 0 Å². The summed E-state index contributed by atoms with van der Waals surface area (Å²) in [4.78, 5) is 2.63. The van der Waals surface area contributed by atoms with Gasteiger partial charge in [0.1, 0.15) is 0 Å². The summed E-state index contributed by atoms with van der Waals surface area (Å²) in [6.45, 7) is 10.3. The van der Waals surface area contributed by atoms with E-state index in [0.717, 1.165) is 19.0 Å². The minimum atomic E-state index is 0.497. The largest absolute Gasteiger partial charge is 0.366 e. The summed E-state index contributed by atoms with van der Waals surface area (Å²) in [5.41, 5.74) is 2.83. The Balaban J connectivity index is 2.10. The highest BCUT2D eigenvalue weighted by atomic mass is 15.2. The van der Waals surface area contributed by atoms with Crippen LogP contribution in [0.4, 0.5) is 5.69 Å². The number of nitrogens with one attached hydrogen (secondary N) is 1. The molecule has 1 heterocycles. The first-order valence-corrected chi connectivity index (χ1v) is 8.82. The number of nitrogens with zero attached hydrogens (tertiary/aromatic N) is 1. The quantitative estimate of drug-likeness (QED) is 0.767. The number of hydrogen-bond donors (Lipinski definition) is 1. The normalized spacial score (nSPS) is 23.5. The molecule has 0 spiro atoms. The van der Waals surface area contributed by atoms with E-state index < -0.39 is 0 Å². The van der Waals surface area contributed by atoms with Crippen molar-refractivity contribution in [2.45, 2.75) is 77.9 Å². The van der Waals surface area contributed by atoms with Crippen LogP contribution in [-0.2, 0) is 0 Å². The van der Waals surface area contributed by atoms with Crippen LogP contribution in [0.3, 0.4) is 0 Å². The number of hydrogen-bond acceptors (Lipinski definition) is 2. The van der Waals surface area contributed by atoms with Gasteiger partial charge in [0, 0.05) is 23.8 Å². The molecule has 0 amide bonds. The molecule has 0 aromatic heterocycles. The molecule has 21 heavy (non-hydrogen) atoms. The molecule has 2 heteroatoms. The fourth-order valence-electron chi connectivity index (χ4n) is 3.63. The molecule has 1 aliphatic heterocycles. The molecule has 1 fully saturated rings. The Bertz CT molecular complexity index is 412. The summed E-state index contributed by atoms with van der Waals surface area (Å²) < 4.78 is 0. The van der Waals surface area contributed by atoms with E-state index in [1.54, 1.807) is 0 Å². The zero-order valence-electron chi connectivity index (χ0n) is 14.2. The molecule has 118 valence electrons. The Morgan fingerprint density at radius 3 is 2.43 bits per heavy atom. The van der Waals surface area contributed by atoms with Gasteiger partial charge in [-0.2, -0.15) is 0 Å². The van der Waals surface area contributed by atoms with Crippen molar-refractivity contribution in [2.75, 3.05) is 11.4 Å². The highest BCUT2D eigenvalue weighted by molar-refractivity contribution is 5.51. The number of anilines is 1. The minimum absolute atomic E-state index is 0.497. The smallest absolute Gasteiger partial charge is 0.0371 e. The monoisotopic (exact) mass is 288 g/mol. The van der Waals surface area contributed by atoms with Gasteiger partial charge in [-0.15, -0.1) is 0 Å². The van der Waals surface area contributed by atoms with E-state index in [-0.39, 0.29) is 0 Å². The minimum Gasteiger partial charge on any atom is -0.366 e. The van der Waals surface area contributed by atoms with Crippen LogP contribution in [0.2, 0.25) is 0 Å². The average molecular weight is 288 g/mol. The van der Waals surface area contributed by atoms with Crippen molar-refractivity contribution in [1.29, 1.82) is 0 Å². The first kappa shape index (κ1) is 16.4. The van der Waals surface area contributed by atoms with Gasteiger partial charge in [0.05, 0.1) is 0 Å². The fourth-order valence-corrected chi connectivity index (χ4v) is 3.63. The van der Waals surface area contributed by atoms with Gasteiger partial charge in [-0.05, 0) is 63.3 Å². The zero-order chi connectivity index (χ0) is 15.2. The third-order valence-corrected chi connectivity index (χ3v) is 4.90. The van der Waals surface area contributed by atoms with E-state index >= 15 is 0 Å². The van der Waals surface area contributed by atoms with Crippen molar-refractivity contribution in [1.82, 2.24) is 5.32 Å². The van der Waals surface area contributed by atoms with Gasteiger partial charge < -0.3 is 10.2 Å². The lowest BCUT2D eigenvalue weighted by Crippen LogP contribution is -2.34. The van der Waals surface area contributed by atoms with Crippen molar-refractivity contribution in [3.05, 3.63) is 29.8 Å². The summed E-state index contributed by atoms with van der Waals surface area (Å²) in [7, 11) is 0. The molecular weight excluding hydrogens is 256 g/mol. The maximum atomic E-state index is 3.64. The van der Waals surface area contributed by atoms with Crippen molar-refractivity contribution in [3.63, 3.8) is 0 Å². The predicted molar refractivity (Wildman–Crippen MR) is 93.0 cm³/mol. The van der Waals surface area contributed by atoms with E-state index in [1.807, 2.05) is 0 Å². The molecule has 1 N–H and O–H groups in total. The lowest BCUT2D eigenvalue weighted by Gasteiger charge is -2.30. The van der Waals surface area contributed by atoms with Crippen LogP contribution in [0.5, 0.6) is 0 Å². The third-order valence-electron chi connectivity index (χ3n) is 4.90. The van der Waals surface area contributed by atoms with Crippen molar-refractivity contribution >= 4 is 5.69 Å². The predicted octanol–water partition coefficient (Wildman–Crippen LogP) is 4.90. The molecule has 2 rings (SSSR count). The molecule has 1 aromatic carbocycles. The third kappa shape index (κ3) is 3.79. The zero-order valence-corrected chi connectivity index (χ0v) is 14.2. The Morgan fingerprint density at radius 1 is 1.14 bits per heavy atom. The van der Waals surface area contributed by atoms with Crippen LogP contribution < -0.4 is 10.2 Å². The lowest BCUT2D eigenvalue weighted by atomic mass is 10.0. The van der Waals surface area contributed by atoms with E-state index in [9.17, 15) is 0 Å². The maximum Gasteiger partial charge on any atom is 0.0371 e. The fraction of sp³-hybridized carbons (Fsp3) is 0.684. The molecule has 0 saturated carbocycles. The first-order valence-electron chi connectivity index (χ1n) is 8.82. The molecular formula is C19H32N2. The molecule has 1 aliphatic rings. The van der Waals surface area contributed by atoms with Crippen LogP contribution in [0.15, 0.2) is 24.3 Å². The van der Waals surface area contributed by atoms with E-state index in [2.05, 4.69) is 62.2 Å². The SMILES string of the molecule is CCCNC(CC)c1ccc(N2C(C)CCC2CC)cc1. The first-order chi connectivity index (χ1) is 10.2. The summed E-state index contributed by atoms with van der Waals surface area (Å²) in [5.74, 6) is 0. The van der Waals surface area contributed by atoms with Gasteiger partial charge in [-0.3, -0.25) is 0 Å². The van der Waals surface area contributed by atoms with E-state index in [4.69, 9.17) is 0 Å². The summed E-state index contributed by atoms with van der Waals surface area (Å²) >= 11 is 0. The molecule has 3 atom stereocenters. The molecule has 0 radical (unpaired) electrons. The van der Waals surface area contributed by atoms with Gasteiger partial charge in [0.25, 0.3) is 0 Å². The number of rotatable bonds is 7. The second kappa shape index (κ2) is 7.84. The second-order valence-electron chi connectivity index (χ2n) is 6.40. The van der Waals surface area contributed by atoms with Crippen molar-refractivity contribution in [2.24, 2.45) is 0 Å². The molecule has 0 aliphatic carbocycles. The molecule has 0 bridgehead atoms. The van der Waals surface area contributed by atoms with Crippen LogP contribution >= 0.6 is 0 Å². The Morgan fingerprint density at radius 2 is 1.86 bits per heavy atom. The summed E-state index contributed by atoms with van der Waals surface area (Å²) in [6.07, 6.45) is 6.27. The van der Waals surface area contributed by atoms with Gasteiger partial charge in [0.15, 0.2) is 0 Å². The standard InChI is InChI=1S/C19H32N2/c1-5-14-20-19(7-3)16-9-12-18(13-10-16)21-15(4)8-11-17(21)6-2/h9-10,12-13,15,17,19-20H,5-8,11,14H2,1-4H3. The number of benzene rings is 1. The topological polar surface area (TPSA) is 15.3 Å². The molecule has 3 unspecified atom stereocenters. The van der Waals surface area contributed by atoms with Crippen LogP contribution in [-0.4, -0.2) is 18.6 Å². The lowest BCUT2D eigenvalue weighted by molar-refractivity contribution is 0.518. The average Bonchev–Trinajstić information content (AvgIpc) is 2.89. The molecule has 2 nitrogen and oxygen atoms in total. The maximum absolute atomic E-state index is 3.64.